The lowest BCUT2D eigenvalue weighted by Crippen LogP contribution is -2.58. The van der Waals surface area contributed by atoms with Gasteiger partial charge in [0, 0.05) is 41.9 Å². The maximum Gasteiger partial charge on any atom is 0.242 e. The molecule has 11 heteroatoms. The third-order valence-corrected chi connectivity index (χ3v) is 8.67. The van der Waals surface area contributed by atoms with Gasteiger partial charge in [0.2, 0.25) is 12.2 Å². The van der Waals surface area contributed by atoms with Gasteiger partial charge in [-0.1, -0.05) is 52.0 Å². The van der Waals surface area contributed by atoms with Crippen LogP contribution in [0.25, 0.3) is 10.9 Å². The fraction of sp³-hybridized carbons (Fsp3) is 0.514. The van der Waals surface area contributed by atoms with Gasteiger partial charge < -0.3 is 44.1 Å². The minimum atomic E-state index is -1.52. The predicted octanol–water partition coefficient (Wildman–Crippen LogP) is 3.67. The first-order valence-electron chi connectivity index (χ1n) is 16.6. The van der Waals surface area contributed by atoms with Crippen LogP contribution < -0.4 is 4.74 Å². The molecule has 3 aromatic rings. The summed E-state index contributed by atoms with van der Waals surface area (Å²) in [5.41, 5.74) is 2.63. The average molecular weight is 667 g/mol. The number of aliphatic hydroxyl groups excluding tert-OH is 4. The number of hydrogen-bond donors (Lipinski definition) is 4. The van der Waals surface area contributed by atoms with E-state index in [9.17, 15) is 30.0 Å². The van der Waals surface area contributed by atoms with Crippen molar-refractivity contribution >= 4 is 22.6 Å². The van der Waals surface area contributed by atoms with Crippen LogP contribution in [-0.4, -0.2) is 99.1 Å². The Hall–Kier alpha value is -3.74. The van der Waals surface area contributed by atoms with Crippen molar-refractivity contribution in [2.24, 2.45) is 11.8 Å². The first-order valence-corrected chi connectivity index (χ1v) is 16.6. The highest BCUT2D eigenvalue weighted by Crippen LogP contribution is 2.28. The minimum Gasteiger partial charge on any atom is -0.497 e. The number of amides is 1. The van der Waals surface area contributed by atoms with E-state index < -0.39 is 37.3 Å². The molecule has 5 atom stereocenters. The third-order valence-electron chi connectivity index (χ3n) is 8.67. The number of ketones is 1. The van der Waals surface area contributed by atoms with Gasteiger partial charge >= 0.3 is 0 Å². The van der Waals surface area contributed by atoms with Gasteiger partial charge in [0.1, 0.15) is 36.7 Å². The maximum absolute atomic E-state index is 13.8. The minimum absolute atomic E-state index is 0.0166. The van der Waals surface area contributed by atoms with E-state index in [1.165, 1.54) is 6.26 Å². The third kappa shape index (κ3) is 9.24. The van der Waals surface area contributed by atoms with Gasteiger partial charge in [-0.2, -0.15) is 0 Å². The van der Waals surface area contributed by atoms with Crippen molar-refractivity contribution in [3.8, 4) is 5.75 Å². The Morgan fingerprint density at radius 2 is 1.62 bits per heavy atom. The van der Waals surface area contributed by atoms with E-state index in [0.717, 1.165) is 29.3 Å². The van der Waals surface area contributed by atoms with Gasteiger partial charge in [-0.15, -0.1) is 0 Å². The van der Waals surface area contributed by atoms with Crippen molar-refractivity contribution in [3.63, 3.8) is 0 Å². The summed E-state index contributed by atoms with van der Waals surface area (Å²) in [6, 6.07) is 12.7. The molecule has 1 amide bonds. The number of methoxy groups -OCH3 is 1. The van der Waals surface area contributed by atoms with Gasteiger partial charge in [0.05, 0.1) is 25.5 Å². The Bertz CT molecular complexity index is 1520. The fourth-order valence-corrected chi connectivity index (χ4v) is 5.59. The molecule has 0 spiro atoms. The molecular formula is C37H50N2O9. The van der Waals surface area contributed by atoms with Gasteiger partial charge in [0.25, 0.3) is 0 Å². The Morgan fingerprint density at radius 1 is 0.958 bits per heavy atom. The van der Waals surface area contributed by atoms with Gasteiger partial charge in [-0.25, -0.2) is 0 Å². The molecule has 2 heterocycles. The fourth-order valence-electron chi connectivity index (χ4n) is 5.59. The summed E-state index contributed by atoms with van der Waals surface area (Å²) in [5.74, 6) is 1.45. The molecule has 48 heavy (non-hydrogen) atoms. The zero-order valence-electron chi connectivity index (χ0n) is 28.5. The number of ether oxygens (including phenoxy) is 3. The number of fused-ring (bicyclic) bond motifs is 1. The highest BCUT2D eigenvalue weighted by Gasteiger charge is 2.44. The van der Waals surface area contributed by atoms with E-state index in [4.69, 9.17) is 14.2 Å². The quantitative estimate of drug-likeness (QED) is 0.133. The predicted molar refractivity (Wildman–Crippen MR) is 182 cm³/mol. The summed E-state index contributed by atoms with van der Waals surface area (Å²) >= 11 is 0. The summed E-state index contributed by atoms with van der Waals surface area (Å²) in [7, 11) is 1.59. The number of rotatable bonds is 16. The number of carbonyl (C=O) groups is 2. The van der Waals surface area contributed by atoms with Gasteiger partial charge in [0.15, 0.2) is 5.78 Å². The highest BCUT2D eigenvalue weighted by atomic mass is 16.7. The van der Waals surface area contributed by atoms with Gasteiger partial charge in [-0.05, 0) is 54.9 Å². The summed E-state index contributed by atoms with van der Waals surface area (Å²) in [6.45, 7) is 9.57. The first-order chi connectivity index (χ1) is 22.9. The SMILES string of the molecule is COc1ccc2c(C(=O)c3ccc(C/C=C/O[C@H]4O[C@H](CO)[C@H](O)[C@H](O)[C@H]4O)cc3)cn(CC(=O)N(CCC(C)C)CCC(C)C)c2c1. The summed E-state index contributed by atoms with van der Waals surface area (Å²) in [4.78, 5) is 29.4. The number of benzene rings is 2. The second-order valence-electron chi connectivity index (χ2n) is 13.2. The van der Waals surface area contributed by atoms with E-state index in [1.807, 2.05) is 39.8 Å². The first kappa shape index (κ1) is 37.1. The largest absolute Gasteiger partial charge is 0.497 e. The molecule has 4 N–H and O–H groups in total. The van der Waals surface area contributed by atoms with Crippen LogP contribution in [0, 0.1) is 11.8 Å². The van der Waals surface area contributed by atoms with Crippen molar-refractivity contribution in [2.75, 3.05) is 26.8 Å². The van der Waals surface area contributed by atoms with Crippen LogP contribution in [0.3, 0.4) is 0 Å². The van der Waals surface area contributed by atoms with E-state index in [1.54, 1.807) is 31.5 Å². The molecule has 1 fully saturated rings. The van der Waals surface area contributed by atoms with Crippen LogP contribution >= 0.6 is 0 Å². The molecule has 1 aliphatic heterocycles. The molecule has 1 aromatic heterocycles. The molecule has 0 radical (unpaired) electrons. The van der Waals surface area contributed by atoms with Crippen molar-refractivity contribution in [3.05, 3.63) is 77.7 Å². The van der Waals surface area contributed by atoms with Crippen molar-refractivity contribution in [2.45, 2.75) is 84.2 Å². The number of hydrogen-bond acceptors (Lipinski definition) is 9. The molecule has 1 saturated heterocycles. The summed E-state index contributed by atoms with van der Waals surface area (Å²) in [5, 5.41) is 40.0. The Labute approximate surface area is 282 Å². The standard InChI is InChI=1S/C37H50N2O9/c1-23(2)14-16-38(17-15-24(3)4)32(41)21-39-20-29(28-13-12-27(46-5)19-30(28)39)33(42)26-10-8-25(9-11-26)7-6-18-47-37-36(45)35(44)34(43)31(22-40)48-37/h6,8-13,18-20,23-24,31,34-37,40,43-45H,7,14-17,21-22H2,1-5H3/b18-6+/t31-,34+,35+,36-,37+/m1/s1. The Balaban J connectivity index is 1.47. The number of aromatic nitrogens is 1. The van der Waals surface area contributed by atoms with Crippen molar-refractivity contribution in [1.29, 1.82) is 0 Å². The zero-order valence-corrected chi connectivity index (χ0v) is 28.5. The zero-order chi connectivity index (χ0) is 35.0. The van der Waals surface area contributed by atoms with Crippen LogP contribution in [0.4, 0.5) is 0 Å². The van der Waals surface area contributed by atoms with Gasteiger partial charge in [-0.3, -0.25) is 9.59 Å². The molecule has 0 aliphatic carbocycles. The molecule has 2 aromatic carbocycles. The van der Waals surface area contributed by atoms with Crippen LogP contribution in [0.15, 0.2) is 61.0 Å². The Morgan fingerprint density at radius 3 is 2.23 bits per heavy atom. The smallest absolute Gasteiger partial charge is 0.242 e. The number of carbonyl (C=O) groups excluding carboxylic acids is 2. The van der Waals surface area contributed by atoms with Crippen LogP contribution in [0.5, 0.6) is 5.75 Å². The topological polar surface area (TPSA) is 151 Å². The molecule has 0 unspecified atom stereocenters. The second kappa shape index (κ2) is 17.1. The van der Waals surface area contributed by atoms with E-state index >= 15 is 0 Å². The number of allylic oxidation sites excluding steroid dienone is 1. The molecule has 262 valence electrons. The summed E-state index contributed by atoms with van der Waals surface area (Å²) in [6.07, 6.45) is 0.284. The monoisotopic (exact) mass is 666 g/mol. The molecule has 0 saturated carbocycles. The number of nitrogens with zero attached hydrogens (tertiary/aromatic N) is 2. The normalized spacial score (nSPS) is 21.4. The lowest BCUT2D eigenvalue weighted by Gasteiger charge is -2.39. The molecule has 0 bridgehead atoms. The van der Waals surface area contributed by atoms with E-state index in [2.05, 4.69) is 27.7 Å². The van der Waals surface area contributed by atoms with Crippen LogP contribution in [0.2, 0.25) is 0 Å². The highest BCUT2D eigenvalue weighted by molar-refractivity contribution is 6.16. The Kier molecular flexibility index (Phi) is 13.2. The number of aliphatic hydroxyl groups is 4. The molecule has 4 rings (SSSR count). The molecule has 11 nitrogen and oxygen atoms in total. The van der Waals surface area contributed by atoms with Crippen molar-refractivity contribution in [1.82, 2.24) is 9.47 Å². The summed E-state index contributed by atoms with van der Waals surface area (Å²) < 4.78 is 18.1. The van der Waals surface area contributed by atoms with Crippen LogP contribution in [-0.2, 0) is 27.2 Å². The lowest BCUT2D eigenvalue weighted by molar-refractivity contribution is -0.287. The van der Waals surface area contributed by atoms with Crippen molar-refractivity contribution < 1.29 is 44.2 Å². The van der Waals surface area contributed by atoms with Crippen LogP contribution in [0.1, 0.15) is 62.0 Å². The maximum atomic E-state index is 13.8. The van der Waals surface area contributed by atoms with E-state index in [0.29, 0.717) is 48.2 Å². The second-order valence-corrected chi connectivity index (χ2v) is 13.2. The average Bonchev–Trinajstić information content (AvgIpc) is 3.43. The molecule has 1 aliphatic rings. The molecular weight excluding hydrogens is 616 g/mol. The van der Waals surface area contributed by atoms with E-state index in [-0.39, 0.29) is 18.2 Å². The lowest BCUT2D eigenvalue weighted by atomic mass is 9.99.